The second-order valence-corrected chi connectivity index (χ2v) is 8.72. The number of halogens is 1. The molecule has 1 N–H and O–H groups in total. The molecule has 2 bridgehead atoms. The lowest BCUT2D eigenvalue weighted by atomic mass is 9.52. The number of piperidine rings is 1. The van der Waals surface area contributed by atoms with E-state index in [0.29, 0.717) is 11.5 Å². The van der Waals surface area contributed by atoms with Crippen molar-refractivity contribution in [1.29, 1.82) is 0 Å². The Bertz CT molecular complexity index is 632. The highest BCUT2D eigenvalue weighted by Crippen LogP contribution is 2.57. The minimum atomic E-state index is -0.127. The van der Waals surface area contributed by atoms with Gasteiger partial charge in [-0.3, -0.25) is 4.90 Å². The third kappa shape index (κ3) is 2.79. The Labute approximate surface area is 158 Å². The molecule has 1 aromatic rings. The summed E-state index contributed by atoms with van der Waals surface area (Å²) in [7, 11) is 1.77. The van der Waals surface area contributed by atoms with E-state index in [9.17, 15) is 5.11 Å². The van der Waals surface area contributed by atoms with Gasteiger partial charge < -0.3 is 9.84 Å². The number of aliphatic hydroxyl groups excluding tert-OH is 1. The number of hydrogen-bond donors (Lipinski definition) is 1. The topological polar surface area (TPSA) is 32.7 Å². The number of fused-ring (bicyclic) bond motifs is 1. The molecule has 1 saturated carbocycles. The van der Waals surface area contributed by atoms with Crippen molar-refractivity contribution < 1.29 is 9.84 Å². The Balaban J connectivity index is 0.00000182. The average Bonchev–Trinajstić information content (AvgIpc) is 2.61. The molecule has 1 aliphatic heterocycles. The minimum absolute atomic E-state index is 0. The standard InChI is InChI=1S/C21H31NO2.ClH/c1-20(2,14-23)22-11-10-21-9-5-4-6-17(21)19(22)12-15-7-8-16(24-3)13-18(15)21;/h7-8,13,17,19,23H,4-6,9-12,14H2,1-3H3;1H/t17-,19+,21+;/m0./s1. The lowest BCUT2D eigenvalue weighted by molar-refractivity contribution is -0.0745. The van der Waals surface area contributed by atoms with Gasteiger partial charge in [-0.1, -0.05) is 18.9 Å². The van der Waals surface area contributed by atoms with E-state index in [1.165, 1.54) is 37.7 Å². The molecule has 4 heteroatoms. The summed E-state index contributed by atoms with van der Waals surface area (Å²) in [5.41, 5.74) is 3.30. The van der Waals surface area contributed by atoms with Crippen LogP contribution in [0.3, 0.4) is 0 Å². The van der Waals surface area contributed by atoms with E-state index in [2.05, 4.69) is 36.9 Å². The second kappa shape index (κ2) is 6.75. The SMILES string of the molecule is COc1ccc2c(c1)[C@@]13CCCC[C@H]1[C@@H](C2)N(C(C)(C)CO)CC3.Cl. The molecule has 0 amide bonds. The molecule has 0 unspecified atom stereocenters. The number of ether oxygens (including phenoxy) is 1. The maximum Gasteiger partial charge on any atom is 0.119 e. The molecule has 3 nitrogen and oxygen atoms in total. The number of aliphatic hydroxyl groups is 1. The first-order chi connectivity index (χ1) is 11.5. The highest BCUT2D eigenvalue weighted by molar-refractivity contribution is 5.85. The summed E-state index contributed by atoms with van der Waals surface area (Å²) in [5, 5.41) is 9.94. The van der Waals surface area contributed by atoms with Crippen LogP contribution in [0, 0.1) is 5.92 Å². The van der Waals surface area contributed by atoms with E-state index in [4.69, 9.17) is 4.74 Å². The van der Waals surface area contributed by atoms with Gasteiger partial charge in [-0.2, -0.15) is 0 Å². The van der Waals surface area contributed by atoms with Crippen molar-refractivity contribution in [3.05, 3.63) is 29.3 Å². The van der Waals surface area contributed by atoms with Gasteiger partial charge in [0.25, 0.3) is 0 Å². The Morgan fingerprint density at radius 2 is 2.08 bits per heavy atom. The summed E-state index contributed by atoms with van der Waals surface area (Å²) >= 11 is 0. The van der Waals surface area contributed by atoms with Crippen LogP contribution in [0.2, 0.25) is 0 Å². The van der Waals surface area contributed by atoms with E-state index in [1.807, 2.05) is 0 Å². The van der Waals surface area contributed by atoms with Crippen molar-refractivity contribution >= 4 is 12.4 Å². The van der Waals surface area contributed by atoms with Crippen molar-refractivity contribution in [3.8, 4) is 5.75 Å². The average molecular weight is 366 g/mol. The van der Waals surface area contributed by atoms with Crippen molar-refractivity contribution in [2.75, 3.05) is 20.3 Å². The molecule has 2 aliphatic carbocycles. The highest BCUT2D eigenvalue weighted by atomic mass is 35.5. The zero-order chi connectivity index (χ0) is 16.9. The van der Waals surface area contributed by atoms with Gasteiger partial charge in [0, 0.05) is 17.0 Å². The normalized spacial score (nSPS) is 31.5. The summed E-state index contributed by atoms with van der Waals surface area (Å²) in [5.74, 6) is 1.73. The first kappa shape index (κ1) is 19.0. The summed E-state index contributed by atoms with van der Waals surface area (Å²) in [4.78, 5) is 2.62. The van der Waals surface area contributed by atoms with Crippen LogP contribution < -0.4 is 4.74 Å². The fourth-order valence-electron chi connectivity index (χ4n) is 5.95. The third-order valence-electron chi connectivity index (χ3n) is 7.21. The quantitative estimate of drug-likeness (QED) is 0.880. The fraction of sp³-hybridized carbons (Fsp3) is 0.714. The van der Waals surface area contributed by atoms with Crippen molar-refractivity contribution in [1.82, 2.24) is 4.90 Å². The van der Waals surface area contributed by atoms with Gasteiger partial charge in [0.1, 0.15) is 5.75 Å². The highest BCUT2D eigenvalue weighted by Gasteiger charge is 2.55. The molecule has 3 aliphatic rings. The Morgan fingerprint density at radius 1 is 1.28 bits per heavy atom. The van der Waals surface area contributed by atoms with Crippen molar-refractivity contribution in [2.24, 2.45) is 5.92 Å². The largest absolute Gasteiger partial charge is 0.497 e. The Morgan fingerprint density at radius 3 is 2.80 bits per heavy atom. The van der Waals surface area contributed by atoms with Gasteiger partial charge in [-0.15, -0.1) is 12.4 Å². The second-order valence-electron chi connectivity index (χ2n) is 8.72. The van der Waals surface area contributed by atoms with Gasteiger partial charge in [0.2, 0.25) is 0 Å². The van der Waals surface area contributed by atoms with Crippen LogP contribution in [0.5, 0.6) is 5.75 Å². The third-order valence-corrected chi connectivity index (χ3v) is 7.21. The van der Waals surface area contributed by atoms with E-state index < -0.39 is 0 Å². The molecular weight excluding hydrogens is 334 g/mol. The molecule has 1 aromatic carbocycles. The molecule has 25 heavy (non-hydrogen) atoms. The summed E-state index contributed by atoms with van der Waals surface area (Å²) < 4.78 is 5.54. The fourth-order valence-corrected chi connectivity index (χ4v) is 5.95. The zero-order valence-corrected chi connectivity index (χ0v) is 16.6. The van der Waals surface area contributed by atoms with Crippen molar-refractivity contribution in [2.45, 2.75) is 69.4 Å². The number of nitrogens with zero attached hydrogens (tertiary/aromatic N) is 1. The molecule has 140 valence electrons. The maximum absolute atomic E-state index is 9.94. The van der Waals surface area contributed by atoms with Crippen LogP contribution in [0.1, 0.15) is 57.1 Å². The monoisotopic (exact) mass is 365 g/mol. The number of benzene rings is 1. The molecule has 0 aromatic heterocycles. The molecule has 1 saturated heterocycles. The van der Waals surface area contributed by atoms with Gasteiger partial charge in [0.15, 0.2) is 0 Å². The first-order valence-electron chi connectivity index (χ1n) is 9.57. The Kier molecular flexibility index (Phi) is 5.13. The molecule has 1 heterocycles. The van der Waals surface area contributed by atoms with E-state index >= 15 is 0 Å². The molecule has 3 atom stereocenters. The number of likely N-dealkylation sites (tertiary alicyclic amines) is 1. The summed E-state index contributed by atoms with van der Waals surface area (Å²) in [6, 6.07) is 7.32. The minimum Gasteiger partial charge on any atom is -0.497 e. The molecule has 0 spiro atoms. The van der Waals surface area contributed by atoms with Crippen LogP contribution in [0.25, 0.3) is 0 Å². The molecule has 0 radical (unpaired) electrons. The smallest absolute Gasteiger partial charge is 0.119 e. The lowest BCUT2D eigenvalue weighted by Crippen LogP contribution is -2.66. The van der Waals surface area contributed by atoms with E-state index in [1.54, 1.807) is 12.7 Å². The van der Waals surface area contributed by atoms with Gasteiger partial charge >= 0.3 is 0 Å². The van der Waals surface area contributed by atoms with Crippen LogP contribution in [-0.2, 0) is 11.8 Å². The number of rotatable bonds is 3. The van der Waals surface area contributed by atoms with E-state index in [-0.39, 0.29) is 24.6 Å². The van der Waals surface area contributed by atoms with Crippen LogP contribution in [-0.4, -0.2) is 41.8 Å². The van der Waals surface area contributed by atoms with Crippen LogP contribution in [0.15, 0.2) is 18.2 Å². The van der Waals surface area contributed by atoms with Gasteiger partial charge in [-0.05, 0) is 75.3 Å². The predicted molar refractivity (Wildman–Crippen MR) is 104 cm³/mol. The number of methoxy groups -OCH3 is 1. The lowest BCUT2D eigenvalue weighted by Gasteiger charge is -2.61. The van der Waals surface area contributed by atoms with Crippen molar-refractivity contribution in [3.63, 3.8) is 0 Å². The van der Waals surface area contributed by atoms with E-state index in [0.717, 1.165) is 24.6 Å². The summed E-state index contributed by atoms with van der Waals surface area (Å²) in [6.45, 7) is 5.74. The van der Waals surface area contributed by atoms with Gasteiger partial charge in [-0.25, -0.2) is 0 Å². The van der Waals surface area contributed by atoms with Crippen LogP contribution in [0.4, 0.5) is 0 Å². The predicted octanol–water partition coefficient (Wildman–Crippen LogP) is 3.95. The molecular formula is C21H32ClNO2. The molecule has 4 rings (SSSR count). The first-order valence-corrected chi connectivity index (χ1v) is 9.57. The van der Waals surface area contributed by atoms with Crippen LogP contribution >= 0.6 is 12.4 Å². The maximum atomic E-state index is 9.94. The number of hydrogen-bond acceptors (Lipinski definition) is 3. The van der Waals surface area contributed by atoms with Gasteiger partial charge in [0.05, 0.1) is 13.7 Å². The molecule has 2 fully saturated rings. The zero-order valence-electron chi connectivity index (χ0n) is 15.8. The summed E-state index contributed by atoms with van der Waals surface area (Å²) in [6.07, 6.45) is 7.70. The Hall–Kier alpha value is -0.770.